The van der Waals surface area contributed by atoms with Crippen LogP contribution < -0.4 is 5.73 Å². The summed E-state index contributed by atoms with van der Waals surface area (Å²) in [5.74, 6) is 1.94. The summed E-state index contributed by atoms with van der Waals surface area (Å²) < 4.78 is 0. The van der Waals surface area contributed by atoms with E-state index < -0.39 is 0 Å². The molecule has 0 aliphatic carbocycles. The van der Waals surface area contributed by atoms with E-state index in [-0.39, 0.29) is 0 Å². The lowest BCUT2D eigenvalue weighted by molar-refractivity contribution is 0.691. The van der Waals surface area contributed by atoms with Crippen LogP contribution in [0.3, 0.4) is 0 Å². The van der Waals surface area contributed by atoms with Crippen molar-refractivity contribution in [3.05, 3.63) is 18.0 Å². The van der Waals surface area contributed by atoms with Gasteiger partial charge >= 0.3 is 0 Å². The van der Waals surface area contributed by atoms with E-state index in [2.05, 4.69) is 28.8 Å². The Hall–Kier alpha value is -1.58. The zero-order valence-electron chi connectivity index (χ0n) is 8.41. The third-order valence-corrected chi connectivity index (χ3v) is 2.46. The second-order valence-corrected chi connectivity index (χ2v) is 3.54. The summed E-state index contributed by atoms with van der Waals surface area (Å²) >= 11 is 0. The van der Waals surface area contributed by atoms with Gasteiger partial charge in [-0.3, -0.25) is 0 Å². The minimum atomic E-state index is 0.436. The van der Waals surface area contributed by atoms with Crippen LogP contribution >= 0.6 is 0 Å². The normalized spacial score (nSPS) is 13.3. The molecule has 2 aromatic heterocycles. The molecule has 2 heterocycles. The van der Waals surface area contributed by atoms with Gasteiger partial charge in [0.1, 0.15) is 11.6 Å². The van der Waals surface area contributed by atoms with E-state index >= 15 is 0 Å². The second-order valence-electron chi connectivity index (χ2n) is 3.54. The lowest BCUT2D eigenvalue weighted by atomic mass is 10.1. The number of H-pyrrole nitrogens is 1. The Labute approximate surface area is 82.6 Å². The van der Waals surface area contributed by atoms with E-state index in [9.17, 15) is 0 Å². The average molecular weight is 190 g/mol. The number of fused-ring (bicyclic) bond motifs is 1. The number of aromatic nitrogens is 3. The molecule has 1 atom stereocenters. The van der Waals surface area contributed by atoms with Crippen molar-refractivity contribution in [3.8, 4) is 0 Å². The number of nitrogens with one attached hydrogen (secondary N) is 1. The van der Waals surface area contributed by atoms with Crippen LogP contribution in [-0.4, -0.2) is 15.0 Å². The van der Waals surface area contributed by atoms with Crippen LogP contribution in [0.25, 0.3) is 11.2 Å². The molecule has 1 unspecified atom stereocenters. The molecule has 2 aromatic rings. The van der Waals surface area contributed by atoms with Gasteiger partial charge in [0, 0.05) is 5.92 Å². The number of nitrogens with two attached hydrogens (primary N) is 1. The first-order chi connectivity index (χ1) is 6.70. The smallest absolute Gasteiger partial charge is 0.179 e. The maximum atomic E-state index is 5.58. The topological polar surface area (TPSA) is 67.6 Å². The average Bonchev–Trinajstić information content (AvgIpc) is 2.59. The van der Waals surface area contributed by atoms with Gasteiger partial charge < -0.3 is 10.7 Å². The van der Waals surface area contributed by atoms with Crippen molar-refractivity contribution >= 4 is 17.0 Å². The monoisotopic (exact) mass is 190 g/mol. The highest BCUT2D eigenvalue weighted by molar-refractivity contribution is 5.72. The van der Waals surface area contributed by atoms with Crippen LogP contribution in [0.1, 0.15) is 32.0 Å². The van der Waals surface area contributed by atoms with Crippen molar-refractivity contribution in [1.82, 2.24) is 15.0 Å². The summed E-state index contributed by atoms with van der Waals surface area (Å²) in [6.07, 6.45) is 1.06. The summed E-state index contributed by atoms with van der Waals surface area (Å²) in [5.41, 5.74) is 7.24. The molecule has 0 aromatic carbocycles. The molecule has 3 N–H and O–H groups in total. The molecule has 0 radical (unpaired) electrons. The number of nitrogens with zero attached hydrogens (tertiary/aromatic N) is 2. The summed E-state index contributed by atoms with van der Waals surface area (Å²) in [7, 11) is 0. The largest absolute Gasteiger partial charge is 0.384 e. The van der Waals surface area contributed by atoms with Crippen molar-refractivity contribution in [3.63, 3.8) is 0 Å². The van der Waals surface area contributed by atoms with Gasteiger partial charge in [0.15, 0.2) is 5.65 Å². The molecular weight excluding hydrogens is 176 g/mol. The van der Waals surface area contributed by atoms with Crippen molar-refractivity contribution in [2.45, 2.75) is 26.2 Å². The number of rotatable bonds is 2. The Morgan fingerprint density at radius 3 is 2.93 bits per heavy atom. The van der Waals surface area contributed by atoms with Crippen molar-refractivity contribution in [2.24, 2.45) is 0 Å². The third kappa shape index (κ3) is 1.43. The minimum absolute atomic E-state index is 0.436. The van der Waals surface area contributed by atoms with Gasteiger partial charge in [-0.2, -0.15) is 0 Å². The molecule has 74 valence electrons. The lowest BCUT2D eigenvalue weighted by Crippen LogP contribution is -1.93. The van der Waals surface area contributed by atoms with Crippen LogP contribution in [0.2, 0.25) is 0 Å². The number of anilines is 1. The highest BCUT2D eigenvalue weighted by Crippen LogP contribution is 2.18. The van der Waals surface area contributed by atoms with Gasteiger partial charge in [-0.15, -0.1) is 0 Å². The number of nitrogen functional groups attached to an aromatic ring is 1. The highest BCUT2D eigenvalue weighted by Gasteiger charge is 2.09. The van der Waals surface area contributed by atoms with Crippen LogP contribution in [0.5, 0.6) is 0 Å². The molecule has 2 rings (SSSR count). The Morgan fingerprint density at radius 2 is 2.21 bits per heavy atom. The third-order valence-electron chi connectivity index (χ3n) is 2.46. The maximum absolute atomic E-state index is 5.58. The number of aromatic amines is 1. The molecule has 0 aliphatic rings. The van der Waals surface area contributed by atoms with Gasteiger partial charge in [0.25, 0.3) is 0 Å². The molecule has 0 saturated heterocycles. The summed E-state index contributed by atoms with van der Waals surface area (Å²) in [6, 6.07) is 3.69. The van der Waals surface area contributed by atoms with E-state index in [1.807, 2.05) is 6.07 Å². The molecule has 0 amide bonds. The van der Waals surface area contributed by atoms with E-state index in [4.69, 9.17) is 5.73 Å². The number of pyridine rings is 1. The number of hydrogen-bond donors (Lipinski definition) is 2. The Bertz CT molecular complexity index is 446. The zero-order chi connectivity index (χ0) is 10.1. The number of hydrogen-bond acceptors (Lipinski definition) is 3. The first kappa shape index (κ1) is 8.99. The van der Waals surface area contributed by atoms with Crippen LogP contribution in [0.4, 0.5) is 5.82 Å². The standard InChI is InChI=1S/C10H14N4/c1-3-6(2)9-12-7-4-5-8(11)13-10(7)14-9/h4-6H,3H2,1-2H3,(H3,11,12,13,14). The molecule has 0 spiro atoms. The minimum Gasteiger partial charge on any atom is -0.384 e. The molecule has 0 fully saturated rings. The van der Waals surface area contributed by atoms with Crippen molar-refractivity contribution in [2.75, 3.05) is 5.73 Å². The maximum Gasteiger partial charge on any atom is 0.179 e. The fourth-order valence-electron chi connectivity index (χ4n) is 1.35. The molecule has 4 heteroatoms. The predicted octanol–water partition coefficient (Wildman–Crippen LogP) is 2.05. The summed E-state index contributed by atoms with van der Waals surface area (Å²) in [4.78, 5) is 11.8. The predicted molar refractivity (Wildman–Crippen MR) is 57.0 cm³/mol. The Kier molecular flexibility index (Phi) is 2.11. The summed E-state index contributed by atoms with van der Waals surface area (Å²) in [5, 5.41) is 0. The quantitative estimate of drug-likeness (QED) is 0.761. The van der Waals surface area contributed by atoms with Crippen LogP contribution in [0.15, 0.2) is 12.1 Å². The van der Waals surface area contributed by atoms with Crippen molar-refractivity contribution < 1.29 is 0 Å². The van der Waals surface area contributed by atoms with Gasteiger partial charge in [-0.1, -0.05) is 13.8 Å². The van der Waals surface area contributed by atoms with Crippen LogP contribution in [0, 0.1) is 0 Å². The van der Waals surface area contributed by atoms with Crippen molar-refractivity contribution in [1.29, 1.82) is 0 Å². The van der Waals surface area contributed by atoms with Gasteiger partial charge in [-0.05, 0) is 18.6 Å². The van der Waals surface area contributed by atoms with Gasteiger partial charge in [0.05, 0.1) is 5.52 Å². The second kappa shape index (κ2) is 3.29. The number of imidazole rings is 1. The lowest BCUT2D eigenvalue weighted by Gasteiger charge is -2.01. The molecule has 0 aliphatic heterocycles. The van der Waals surface area contributed by atoms with E-state index in [1.165, 1.54) is 0 Å². The fraction of sp³-hybridized carbons (Fsp3) is 0.400. The Balaban J connectivity index is 2.51. The molecule has 4 nitrogen and oxygen atoms in total. The fourth-order valence-corrected chi connectivity index (χ4v) is 1.35. The molecule has 14 heavy (non-hydrogen) atoms. The van der Waals surface area contributed by atoms with Gasteiger partial charge in [-0.25, -0.2) is 9.97 Å². The van der Waals surface area contributed by atoms with E-state index in [1.54, 1.807) is 6.07 Å². The highest BCUT2D eigenvalue weighted by atomic mass is 15.0. The zero-order valence-corrected chi connectivity index (χ0v) is 8.41. The van der Waals surface area contributed by atoms with Gasteiger partial charge in [0.2, 0.25) is 0 Å². The molecular formula is C10H14N4. The van der Waals surface area contributed by atoms with E-state index in [0.717, 1.165) is 17.8 Å². The first-order valence-electron chi connectivity index (χ1n) is 4.83. The van der Waals surface area contributed by atoms with E-state index in [0.29, 0.717) is 17.4 Å². The van der Waals surface area contributed by atoms with Crippen LogP contribution in [-0.2, 0) is 0 Å². The molecule has 0 bridgehead atoms. The SMILES string of the molecule is CCC(C)c1nc2nc(N)ccc2[nH]1. The first-order valence-corrected chi connectivity index (χ1v) is 4.83. The Morgan fingerprint density at radius 1 is 1.43 bits per heavy atom. The molecule has 0 saturated carbocycles. The summed E-state index contributed by atoms with van der Waals surface area (Å²) in [6.45, 7) is 4.28.